The van der Waals surface area contributed by atoms with E-state index in [2.05, 4.69) is 97.8 Å². The molecule has 0 spiro atoms. The smallest absolute Gasteiger partial charge is 0.127 e. The highest BCUT2D eigenvalue weighted by molar-refractivity contribution is 6.83. The molecule has 0 saturated heterocycles. The monoisotopic (exact) mass is 328 g/mol. The fourth-order valence-corrected chi connectivity index (χ4v) is 3.75. The quantitative estimate of drug-likeness (QED) is 0.152. The van der Waals surface area contributed by atoms with Gasteiger partial charge in [0.05, 0.1) is 0 Å². The van der Waals surface area contributed by atoms with Gasteiger partial charge in [0.1, 0.15) is 8.07 Å². The van der Waals surface area contributed by atoms with E-state index in [-0.39, 0.29) is 0 Å². The molecule has 0 atom stereocenters. The van der Waals surface area contributed by atoms with E-state index in [4.69, 9.17) is 0 Å². The predicted molar refractivity (Wildman–Crippen MR) is 109 cm³/mol. The Bertz CT molecular complexity index is 1130. The van der Waals surface area contributed by atoms with E-state index < -0.39 is 8.07 Å². The predicted octanol–water partition coefficient (Wildman–Crippen LogP) is 6.38. The Hall–Kier alpha value is -2.56. The summed E-state index contributed by atoms with van der Waals surface area (Å²) in [6, 6.07) is 24.0. The first-order valence-corrected chi connectivity index (χ1v) is 11.9. The van der Waals surface area contributed by atoms with E-state index in [1.807, 2.05) is 0 Å². The molecule has 4 rings (SSSR count). The molecule has 4 aromatic rings. The van der Waals surface area contributed by atoms with Crippen LogP contribution in [0.25, 0.3) is 32.3 Å². The fourth-order valence-electron chi connectivity index (χ4n) is 3.24. The lowest BCUT2D eigenvalue weighted by Gasteiger charge is -2.11. The Morgan fingerprint density at radius 3 is 2.08 bits per heavy atom. The molecular weight excluding hydrogens is 308 g/mol. The van der Waals surface area contributed by atoms with E-state index in [9.17, 15) is 0 Å². The van der Waals surface area contributed by atoms with E-state index in [1.54, 1.807) is 0 Å². The Morgan fingerprint density at radius 1 is 0.667 bits per heavy atom. The summed E-state index contributed by atoms with van der Waals surface area (Å²) >= 11 is 0. The van der Waals surface area contributed by atoms with Gasteiger partial charge in [-0.05, 0) is 33.0 Å². The number of benzene rings is 4. The Balaban J connectivity index is 2.21. The molecule has 0 heterocycles. The van der Waals surface area contributed by atoms with Crippen molar-refractivity contribution in [2.75, 3.05) is 0 Å². The van der Waals surface area contributed by atoms with Crippen LogP contribution in [0.1, 0.15) is 5.56 Å². The standard InChI is InChI=1S/C23H20Si/c1-24(2,3)15-14-19-16-18-9-5-6-10-20(18)22-13-12-17-8-4-7-11-21(17)23(19)22/h4-13,16H,1-3H3/i14+1,15+1,16+1,19+1. The summed E-state index contributed by atoms with van der Waals surface area (Å²) in [6.07, 6.45) is 0. The highest BCUT2D eigenvalue weighted by Crippen LogP contribution is 2.33. The van der Waals surface area contributed by atoms with Gasteiger partial charge in [-0.15, -0.1) is 5.54 Å². The van der Waals surface area contributed by atoms with E-state index in [0.29, 0.717) is 0 Å². The van der Waals surface area contributed by atoms with Crippen molar-refractivity contribution in [3.63, 3.8) is 0 Å². The third kappa shape index (κ3) is 2.60. The lowest BCUT2D eigenvalue weighted by molar-refractivity contribution is 1.74. The van der Waals surface area contributed by atoms with Gasteiger partial charge in [0.2, 0.25) is 0 Å². The van der Waals surface area contributed by atoms with Crippen molar-refractivity contribution in [2.24, 2.45) is 0 Å². The van der Waals surface area contributed by atoms with Crippen molar-refractivity contribution in [1.82, 2.24) is 0 Å². The van der Waals surface area contributed by atoms with Crippen LogP contribution in [0, 0.1) is 11.5 Å². The van der Waals surface area contributed by atoms with Crippen LogP contribution in [0.3, 0.4) is 0 Å². The Kier molecular flexibility index (Phi) is 3.44. The summed E-state index contributed by atoms with van der Waals surface area (Å²) in [5.41, 5.74) is 4.70. The minimum atomic E-state index is -1.42. The van der Waals surface area contributed by atoms with Gasteiger partial charge in [0.25, 0.3) is 0 Å². The van der Waals surface area contributed by atoms with Gasteiger partial charge in [-0.2, -0.15) is 0 Å². The maximum Gasteiger partial charge on any atom is 0.129 e. The van der Waals surface area contributed by atoms with Crippen LogP contribution in [-0.2, 0) is 0 Å². The van der Waals surface area contributed by atoms with Crippen LogP contribution >= 0.6 is 0 Å². The number of hydrogen-bond donors (Lipinski definition) is 0. The maximum atomic E-state index is 3.55. The molecule has 0 aromatic heterocycles. The van der Waals surface area contributed by atoms with Crippen LogP contribution in [0.15, 0.2) is 66.7 Å². The largest absolute Gasteiger partial charge is 0.129 e. The average molecular weight is 328 g/mol. The first-order valence-electron chi connectivity index (χ1n) is 8.39. The molecule has 0 N–H and O–H groups in total. The van der Waals surface area contributed by atoms with Crippen LogP contribution in [0.2, 0.25) is 19.6 Å². The lowest BCUT2D eigenvalue weighted by atomic mass is 10.0. The number of hydrogen-bond acceptors (Lipinski definition) is 0. The summed E-state index contributed by atoms with van der Waals surface area (Å²) < 4.78 is 0. The van der Waals surface area contributed by atoms with Gasteiger partial charge in [0.15, 0.2) is 0 Å². The van der Waals surface area contributed by atoms with E-state index in [0.717, 1.165) is 5.56 Å². The molecule has 24 heavy (non-hydrogen) atoms. The summed E-state index contributed by atoms with van der Waals surface area (Å²) in [5, 5.41) is 7.72. The molecule has 0 fully saturated rings. The zero-order chi connectivity index (χ0) is 16.7. The second-order valence-corrected chi connectivity index (χ2v) is 12.1. The molecular formula is C23H20Si. The SMILES string of the molecule is C[Si](C)(C)[13C]#[13C][13c]1[13cH]c2ccccc2c2ccc3ccccc3c21. The average Bonchev–Trinajstić information content (AvgIpc) is 2.58. The minimum absolute atomic E-state index is 1.16. The summed E-state index contributed by atoms with van der Waals surface area (Å²) in [5.74, 6) is 3.52. The molecule has 0 amide bonds. The molecule has 0 saturated carbocycles. The molecule has 0 bridgehead atoms. The van der Waals surface area contributed by atoms with Crippen molar-refractivity contribution in [3.05, 3.63) is 72.3 Å². The van der Waals surface area contributed by atoms with Crippen LogP contribution in [0.5, 0.6) is 0 Å². The highest BCUT2D eigenvalue weighted by Gasteiger charge is 2.11. The second-order valence-electron chi connectivity index (χ2n) is 7.35. The molecule has 0 unspecified atom stereocenters. The molecule has 116 valence electrons. The second kappa shape index (κ2) is 5.51. The third-order valence-electron chi connectivity index (χ3n) is 4.32. The van der Waals surface area contributed by atoms with Gasteiger partial charge < -0.3 is 0 Å². The first-order chi connectivity index (χ1) is 11.5. The van der Waals surface area contributed by atoms with Crippen molar-refractivity contribution in [3.8, 4) is 11.5 Å². The van der Waals surface area contributed by atoms with Gasteiger partial charge in [-0.25, -0.2) is 0 Å². The van der Waals surface area contributed by atoms with E-state index in [1.165, 1.54) is 32.3 Å². The van der Waals surface area contributed by atoms with Crippen molar-refractivity contribution in [2.45, 2.75) is 19.6 Å². The molecule has 0 aliphatic heterocycles. The molecule has 0 aliphatic rings. The Labute approximate surface area is 144 Å². The molecule has 1 heteroatoms. The van der Waals surface area contributed by atoms with Crippen LogP contribution in [0.4, 0.5) is 0 Å². The number of fused-ring (bicyclic) bond motifs is 5. The zero-order valence-corrected chi connectivity index (χ0v) is 15.4. The normalized spacial score (nSPS) is 11.6. The van der Waals surface area contributed by atoms with Gasteiger partial charge >= 0.3 is 0 Å². The first kappa shape index (κ1) is 15.0. The van der Waals surface area contributed by atoms with Crippen molar-refractivity contribution < 1.29 is 0 Å². The zero-order valence-electron chi connectivity index (χ0n) is 14.4. The molecule has 0 aliphatic carbocycles. The van der Waals surface area contributed by atoms with Gasteiger partial charge in [-0.1, -0.05) is 86.2 Å². The number of rotatable bonds is 0. The van der Waals surface area contributed by atoms with Crippen LogP contribution in [-0.4, -0.2) is 8.07 Å². The maximum absolute atomic E-state index is 3.55. The molecule has 0 nitrogen and oxygen atoms in total. The summed E-state index contributed by atoms with van der Waals surface area (Å²) in [4.78, 5) is 0. The summed E-state index contributed by atoms with van der Waals surface area (Å²) in [6.45, 7) is 6.88. The van der Waals surface area contributed by atoms with Gasteiger partial charge in [0, 0.05) is 10.9 Å². The third-order valence-corrected chi connectivity index (χ3v) is 5.20. The fraction of sp³-hybridized carbons (Fsp3) is 0.130. The topological polar surface area (TPSA) is 0 Å². The van der Waals surface area contributed by atoms with Crippen LogP contribution < -0.4 is 0 Å². The van der Waals surface area contributed by atoms with Gasteiger partial charge in [-0.3, -0.25) is 0 Å². The van der Waals surface area contributed by atoms with E-state index >= 15 is 0 Å². The molecule has 4 aromatic carbocycles. The highest BCUT2D eigenvalue weighted by atomic mass is 28.3. The summed E-state index contributed by atoms with van der Waals surface area (Å²) in [7, 11) is -1.42. The Morgan fingerprint density at radius 2 is 1.33 bits per heavy atom. The van der Waals surface area contributed by atoms with Crippen molar-refractivity contribution in [1.29, 1.82) is 0 Å². The van der Waals surface area contributed by atoms with Crippen molar-refractivity contribution >= 4 is 40.4 Å². The molecule has 0 radical (unpaired) electrons. The minimum Gasteiger partial charge on any atom is -0.127 e. The lowest BCUT2D eigenvalue weighted by Crippen LogP contribution is -2.16.